The maximum absolute atomic E-state index is 12.1. The first-order valence-corrected chi connectivity index (χ1v) is 12.7. The number of aliphatic hydroxyl groups excluding tert-OH is 1. The average Bonchev–Trinajstić information content (AvgIpc) is 3.04. The van der Waals surface area contributed by atoms with Gasteiger partial charge in [0.05, 0.1) is 6.10 Å². The number of carbonyl (C=O) groups is 1. The van der Waals surface area contributed by atoms with Crippen molar-refractivity contribution in [3.8, 4) is 0 Å². The summed E-state index contributed by atoms with van der Waals surface area (Å²) in [4.78, 5) is 12.1. The fourth-order valence-electron chi connectivity index (χ4n) is 8.48. The largest absolute Gasteiger partial charge is 0.389 e. The van der Waals surface area contributed by atoms with Crippen molar-refractivity contribution < 1.29 is 9.90 Å². The average molecular weight is 413 g/mol. The van der Waals surface area contributed by atoms with Gasteiger partial charge < -0.3 is 5.11 Å². The minimum atomic E-state index is -0.409. The van der Waals surface area contributed by atoms with Gasteiger partial charge in [-0.1, -0.05) is 46.8 Å². The summed E-state index contributed by atoms with van der Waals surface area (Å²) in [6, 6.07) is 0. The van der Waals surface area contributed by atoms with Crippen LogP contribution in [0.15, 0.2) is 23.8 Å². The van der Waals surface area contributed by atoms with Crippen molar-refractivity contribution in [3.05, 3.63) is 23.8 Å². The number of ketones is 1. The highest BCUT2D eigenvalue weighted by atomic mass is 16.3. The van der Waals surface area contributed by atoms with Crippen LogP contribution in [0.25, 0.3) is 0 Å². The minimum Gasteiger partial charge on any atom is -0.389 e. The molecular weight excluding hydrogens is 368 g/mol. The van der Waals surface area contributed by atoms with Gasteiger partial charge >= 0.3 is 0 Å². The Labute approximate surface area is 184 Å². The predicted octanol–water partition coefficient (Wildman–Crippen LogP) is 6.73. The lowest BCUT2D eigenvalue weighted by atomic mass is 9.46. The van der Waals surface area contributed by atoms with Gasteiger partial charge in [-0.25, -0.2) is 0 Å². The topological polar surface area (TPSA) is 37.3 Å². The fraction of sp³-hybridized carbons (Fsp3) is 0.821. The molecule has 4 aliphatic rings. The molecule has 168 valence electrons. The highest BCUT2D eigenvalue weighted by Crippen LogP contribution is 2.67. The molecule has 0 radical (unpaired) electrons. The summed E-state index contributed by atoms with van der Waals surface area (Å²) in [6.45, 7) is 16.3. The summed E-state index contributed by atoms with van der Waals surface area (Å²) in [5.74, 6) is 4.37. The molecule has 4 aliphatic carbocycles. The van der Waals surface area contributed by atoms with Crippen molar-refractivity contribution in [3.63, 3.8) is 0 Å². The highest BCUT2D eigenvalue weighted by Gasteiger charge is 2.60. The molecule has 4 rings (SSSR count). The van der Waals surface area contributed by atoms with Crippen molar-refractivity contribution in [2.45, 2.75) is 98.5 Å². The molecule has 0 amide bonds. The molecule has 8 atom stereocenters. The Morgan fingerprint density at radius 1 is 1.17 bits per heavy atom. The van der Waals surface area contributed by atoms with Crippen LogP contribution in [-0.4, -0.2) is 17.0 Å². The van der Waals surface area contributed by atoms with Gasteiger partial charge in [0.1, 0.15) is 0 Å². The van der Waals surface area contributed by atoms with Crippen molar-refractivity contribution in [1.82, 2.24) is 0 Å². The monoisotopic (exact) mass is 412 g/mol. The number of hydrogen-bond donors (Lipinski definition) is 1. The standard InChI is InChI=1S/C28H44O2/c1-17(2)18(3)7-8-19(4)22-9-10-23-21-16-26(30)25-15-20(29)11-13-28(25,6)24(21)12-14-27(22,23)5/h15,17,19,21-24,26,30H,3,7-14,16H2,1-2,4-6H3/t19-,21+,22-,23+,24+,26-,27-,28-/m1/s1. The van der Waals surface area contributed by atoms with Crippen LogP contribution in [0.4, 0.5) is 0 Å². The first-order valence-electron chi connectivity index (χ1n) is 12.7. The quantitative estimate of drug-likeness (QED) is 0.508. The molecule has 30 heavy (non-hydrogen) atoms. The van der Waals surface area contributed by atoms with Crippen LogP contribution in [0, 0.1) is 46.3 Å². The summed E-state index contributed by atoms with van der Waals surface area (Å²) in [5, 5.41) is 11.1. The third kappa shape index (κ3) is 3.46. The van der Waals surface area contributed by atoms with Gasteiger partial charge in [0.2, 0.25) is 0 Å². The van der Waals surface area contributed by atoms with E-state index in [1.165, 1.54) is 44.1 Å². The van der Waals surface area contributed by atoms with Crippen molar-refractivity contribution in [2.24, 2.45) is 46.3 Å². The van der Waals surface area contributed by atoms with Crippen molar-refractivity contribution in [2.75, 3.05) is 0 Å². The summed E-state index contributed by atoms with van der Waals surface area (Å²) >= 11 is 0. The molecule has 0 heterocycles. The van der Waals surface area contributed by atoms with E-state index in [1.807, 2.05) is 6.08 Å². The number of carbonyl (C=O) groups excluding carboxylic acids is 1. The predicted molar refractivity (Wildman–Crippen MR) is 124 cm³/mol. The van der Waals surface area contributed by atoms with Crippen LogP contribution in [-0.2, 0) is 4.79 Å². The van der Waals surface area contributed by atoms with Crippen molar-refractivity contribution >= 4 is 5.78 Å². The van der Waals surface area contributed by atoms with Gasteiger partial charge in [-0.3, -0.25) is 4.79 Å². The van der Waals surface area contributed by atoms with Gasteiger partial charge in [-0.15, -0.1) is 0 Å². The number of aliphatic hydroxyl groups is 1. The third-order valence-electron chi connectivity index (χ3n) is 10.5. The van der Waals surface area contributed by atoms with E-state index in [2.05, 4.69) is 41.2 Å². The lowest BCUT2D eigenvalue weighted by Gasteiger charge is -2.59. The number of fused-ring (bicyclic) bond motifs is 5. The Morgan fingerprint density at radius 3 is 2.60 bits per heavy atom. The molecule has 0 aliphatic heterocycles. The van der Waals surface area contributed by atoms with Crippen LogP contribution in [0.2, 0.25) is 0 Å². The molecule has 2 heteroatoms. The van der Waals surface area contributed by atoms with E-state index >= 15 is 0 Å². The van der Waals surface area contributed by atoms with E-state index in [1.54, 1.807) is 0 Å². The van der Waals surface area contributed by atoms with Crippen LogP contribution >= 0.6 is 0 Å². The zero-order chi connectivity index (χ0) is 21.8. The molecule has 0 aromatic carbocycles. The van der Waals surface area contributed by atoms with Crippen LogP contribution in [0.3, 0.4) is 0 Å². The Morgan fingerprint density at radius 2 is 1.90 bits per heavy atom. The Kier molecular flexibility index (Phi) is 5.88. The maximum Gasteiger partial charge on any atom is 0.155 e. The van der Waals surface area contributed by atoms with Gasteiger partial charge in [-0.05, 0) is 109 Å². The van der Waals surface area contributed by atoms with E-state index < -0.39 is 6.10 Å². The second kappa shape index (κ2) is 7.91. The first-order chi connectivity index (χ1) is 14.1. The van der Waals surface area contributed by atoms with E-state index in [9.17, 15) is 9.90 Å². The minimum absolute atomic E-state index is 0.0380. The lowest BCUT2D eigenvalue weighted by Crippen LogP contribution is -2.54. The highest BCUT2D eigenvalue weighted by molar-refractivity contribution is 5.91. The molecule has 0 spiro atoms. The molecule has 2 nitrogen and oxygen atoms in total. The van der Waals surface area contributed by atoms with E-state index in [0.717, 1.165) is 36.2 Å². The second-order valence-corrected chi connectivity index (χ2v) is 12.2. The number of hydrogen-bond acceptors (Lipinski definition) is 2. The first kappa shape index (κ1) is 22.3. The van der Waals surface area contributed by atoms with Gasteiger partial charge in [0.25, 0.3) is 0 Å². The number of rotatable bonds is 5. The van der Waals surface area contributed by atoms with Crippen LogP contribution in [0.5, 0.6) is 0 Å². The zero-order valence-electron chi connectivity index (χ0n) is 20.0. The molecule has 0 aromatic heterocycles. The lowest BCUT2D eigenvalue weighted by molar-refractivity contribution is -0.119. The Hall–Kier alpha value is -0.890. The zero-order valence-corrected chi connectivity index (χ0v) is 20.0. The molecule has 0 saturated heterocycles. The van der Waals surface area contributed by atoms with Crippen molar-refractivity contribution in [1.29, 1.82) is 0 Å². The SMILES string of the molecule is C=C(CC[C@@H](C)[C@H]1CC[C@H]2[C@@H]3C[C@@H](O)C4=CC(=O)CC[C@]4(C)[C@H]3CC[C@]12C)C(C)C. The molecule has 3 saturated carbocycles. The molecule has 0 bridgehead atoms. The molecule has 0 unspecified atom stereocenters. The van der Waals surface area contributed by atoms with Gasteiger partial charge in [0.15, 0.2) is 5.78 Å². The molecule has 3 fully saturated rings. The molecular formula is C28H44O2. The molecule has 0 aromatic rings. The van der Waals surface area contributed by atoms with Crippen LogP contribution < -0.4 is 0 Å². The van der Waals surface area contributed by atoms with E-state index in [4.69, 9.17) is 0 Å². The summed E-state index contributed by atoms with van der Waals surface area (Å²) < 4.78 is 0. The normalized spacial score (nSPS) is 44.2. The summed E-state index contributed by atoms with van der Waals surface area (Å²) in [7, 11) is 0. The Bertz CT molecular complexity index is 733. The van der Waals surface area contributed by atoms with E-state index in [0.29, 0.717) is 29.6 Å². The van der Waals surface area contributed by atoms with Crippen LogP contribution in [0.1, 0.15) is 92.4 Å². The summed E-state index contributed by atoms with van der Waals surface area (Å²) in [6.07, 6.45) is 11.6. The maximum atomic E-state index is 12.1. The Balaban J connectivity index is 1.53. The molecule has 1 N–H and O–H groups in total. The van der Waals surface area contributed by atoms with E-state index in [-0.39, 0.29) is 11.2 Å². The van der Waals surface area contributed by atoms with Gasteiger partial charge in [-0.2, -0.15) is 0 Å². The van der Waals surface area contributed by atoms with Gasteiger partial charge in [0, 0.05) is 6.42 Å². The summed E-state index contributed by atoms with van der Waals surface area (Å²) in [5.41, 5.74) is 2.93. The fourth-order valence-corrected chi connectivity index (χ4v) is 8.48. The second-order valence-electron chi connectivity index (χ2n) is 12.2. The number of allylic oxidation sites excluding steroid dienone is 1. The smallest absolute Gasteiger partial charge is 0.155 e. The third-order valence-corrected chi connectivity index (χ3v) is 10.5.